The summed E-state index contributed by atoms with van der Waals surface area (Å²) >= 11 is 3.58. The quantitative estimate of drug-likeness (QED) is 0.803. The monoisotopic (exact) mass is 332 g/mol. The number of nitrogens with zero attached hydrogens (tertiary/aromatic N) is 4. The molecular formula is C15H17BrN4. The van der Waals surface area contributed by atoms with Gasteiger partial charge in [-0.3, -0.25) is 4.90 Å². The van der Waals surface area contributed by atoms with Gasteiger partial charge in [0.15, 0.2) is 0 Å². The van der Waals surface area contributed by atoms with Crippen molar-refractivity contribution in [2.75, 3.05) is 31.1 Å². The Morgan fingerprint density at radius 1 is 1.15 bits per heavy atom. The van der Waals surface area contributed by atoms with Gasteiger partial charge in [-0.1, -0.05) is 6.07 Å². The van der Waals surface area contributed by atoms with Gasteiger partial charge in [0, 0.05) is 35.5 Å². The summed E-state index contributed by atoms with van der Waals surface area (Å²) in [6.07, 6.45) is 4.35. The van der Waals surface area contributed by atoms with Gasteiger partial charge in [-0.15, -0.1) is 0 Å². The van der Waals surface area contributed by atoms with Crippen molar-refractivity contribution in [3.63, 3.8) is 0 Å². The maximum atomic E-state index is 4.56. The van der Waals surface area contributed by atoms with Gasteiger partial charge in [0.25, 0.3) is 0 Å². The Kier molecular flexibility index (Phi) is 3.11. The van der Waals surface area contributed by atoms with Crippen molar-refractivity contribution < 1.29 is 0 Å². The predicted molar refractivity (Wildman–Crippen MR) is 84.0 cm³/mol. The Morgan fingerprint density at radius 2 is 2.10 bits per heavy atom. The van der Waals surface area contributed by atoms with Crippen molar-refractivity contribution in [1.29, 1.82) is 0 Å². The molecule has 2 aliphatic rings. The van der Waals surface area contributed by atoms with Crippen molar-refractivity contribution in [3.8, 4) is 0 Å². The van der Waals surface area contributed by atoms with Gasteiger partial charge in [-0.2, -0.15) is 0 Å². The second kappa shape index (κ2) is 4.97. The molecule has 3 heterocycles. The van der Waals surface area contributed by atoms with Crippen LogP contribution in [0.15, 0.2) is 29.0 Å². The minimum atomic E-state index is 0.709. The molecule has 2 saturated heterocycles. The van der Waals surface area contributed by atoms with Crippen molar-refractivity contribution in [2.24, 2.45) is 0 Å². The smallest absolute Gasteiger partial charge is 0.140 e. The highest BCUT2D eigenvalue weighted by Crippen LogP contribution is 2.30. The summed E-state index contributed by atoms with van der Waals surface area (Å²) in [5.74, 6) is 1.09. The van der Waals surface area contributed by atoms with Crippen LogP contribution in [0.1, 0.15) is 12.8 Å². The molecule has 0 saturated carbocycles. The standard InChI is InChI=1S/C15H17BrN4/c16-13-5-1-4-12-14(13)17-10-18-15(12)20-8-7-19-6-2-3-11(19)9-20/h1,4-5,10-11H,2-3,6-9H2/t11-/m0/s1. The number of aromatic nitrogens is 2. The molecule has 1 aromatic heterocycles. The summed E-state index contributed by atoms with van der Waals surface area (Å²) in [6.45, 7) is 4.59. The molecule has 0 spiro atoms. The number of para-hydroxylation sites is 1. The molecule has 0 N–H and O–H groups in total. The minimum absolute atomic E-state index is 0.709. The van der Waals surface area contributed by atoms with Crippen molar-refractivity contribution in [3.05, 3.63) is 29.0 Å². The van der Waals surface area contributed by atoms with E-state index in [0.29, 0.717) is 6.04 Å². The van der Waals surface area contributed by atoms with E-state index in [1.54, 1.807) is 6.33 Å². The highest BCUT2D eigenvalue weighted by molar-refractivity contribution is 9.10. The molecule has 4 nitrogen and oxygen atoms in total. The molecule has 0 bridgehead atoms. The average molecular weight is 333 g/mol. The van der Waals surface area contributed by atoms with Crippen LogP contribution in [-0.4, -0.2) is 47.1 Å². The first kappa shape index (κ1) is 12.5. The molecule has 2 aliphatic heterocycles. The number of rotatable bonds is 1. The lowest BCUT2D eigenvalue weighted by Crippen LogP contribution is -2.50. The average Bonchev–Trinajstić information content (AvgIpc) is 2.94. The van der Waals surface area contributed by atoms with E-state index in [0.717, 1.165) is 40.8 Å². The lowest BCUT2D eigenvalue weighted by Gasteiger charge is -2.38. The maximum absolute atomic E-state index is 4.56. The maximum Gasteiger partial charge on any atom is 0.140 e. The van der Waals surface area contributed by atoms with Crippen molar-refractivity contribution in [1.82, 2.24) is 14.9 Å². The van der Waals surface area contributed by atoms with Gasteiger partial charge in [-0.25, -0.2) is 9.97 Å². The van der Waals surface area contributed by atoms with Crippen LogP contribution >= 0.6 is 15.9 Å². The Labute approximate surface area is 126 Å². The Balaban J connectivity index is 1.73. The third-order valence-electron chi connectivity index (χ3n) is 4.48. The molecule has 1 aromatic carbocycles. The fourth-order valence-electron chi connectivity index (χ4n) is 3.47. The third-order valence-corrected chi connectivity index (χ3v) is 5.12. The summed E-state index contributed by atoms with van der Waals surface area (Å²) in [5.41, 5.74) is 1.01. The summed E-state index contributed by atoms with van der Waals surface area (Å²) in [4.78, 5) is 14.0. The number of piperazine rings is 1. The second-order valence-corrected chi connectivity index (χ2v) is 6.47. The molecule has 0 aliphatic carbocycles. The zero-order valence-electron chi connectivity index (χ0n) is 11.3. The first-order chi connectivity index (χ1) is 9.83. The fourth-order valence-corrected chi connectivity index (χ4v) is 3.94. The summed E-state index contributed by atoms with van der Waals surface area (Å²) in [6, 6.07) is 6.93. The molecular weight excluding hydrogens is 316 g/mol. The molecule has 0 amide bonds. The van der Waals surface area contributed by atoms with Gasteiger partial charge in [0.05, 0.1) is 5.52 Å². The van der Waals surface area contributed by atoms with E-state index >= 15 is 0 Å². The Hall–Kier alpha value is -1.20. The van der Waals surface area contributed by atoms with Crippen LogP contribution in [0.4, 0.5) is 5.82 Å². The number of hydrogen-bond donors (Lipinski definition) is 0. The summed E-state index contributed by atoms with van der Waals surface area (Å²) < 4.78 is 1.04. The molecule has 20 heavy (non-hydrogen) atoms. The highest BCUT2D eigenvalue weighted by atomic mass is 79.9. The first-order valence-corrected chi connectivity index (χ1v) is 8.00. The molecule has 5 heteroatoms. The minimum Gasteiger partial charge on any atom is -0.353 e. The number of halogens is 1. The Bertz CT molecular complexity index is 645. The largest absolute Gasteiger partial charge is 0.353 e. The van der Waals surface area contributed by atoms with E-state index in [2.05, 4.69) is 47.8 Å². The van der Waals surface area contributed by atoms with Gasteiger partial charge in [0.2, 0.25) is 0 Å². The predicted octanol–water partition coefficient (Wildman–Crippen LogP) is 2.68. The normalized spacial score (nSPS) is 23.2. The first-order valence-electron chi connectivity index (χ1n) is 7.21. The van der Waals surface area contributed by atoms with Gasteiger partial charge < -0.3 is 4.90 Å². The fraction of sp³-hybridized carbons (Fsp3) is 0.467. The zero-order valence-corrected chi connectivity index (χ0v) is 12.9. The van der Waals surface area contributed by atoms with Crippen LogP contribution in [0.25, 0.3) is 10.9 Å². The molecule has 104 valence electrons. The molecule has 2 aromatic rings. The molecule has 4 rings (SSSR count). The van der Waals surface area contributed by atoms with Crippen molar-refractivity contribution in [2.45, 2.75) is 18.9 Å². The number of anilines is 1. The van der Waals surface area contributed by atoms with E-state index in [1.165, 1.54) is 19.4 Å². The van der Waals surface area contributed by atoms with Crippen LogP contribution in [0.2, 0.25) is 0 Å². The number of hydrogen-bond acceptors (Lipinski definition) is 4. The van der Waals surface area contributed by atoms with E-state index in [1.807, 2.05) is 6.07 Å². The van der Waals surface area contributed by atoms with E-state index < -0.39 is 0 Å². The van der Waals surface area contributed by atoms with Crippen LogP contribution < -0.4 is 4.90 Å². The van der Waals surface area contributed by atoms with E-state index in [9.17, 15) is 0 Å². The third kappa shape index (κ3) is 2.00. The van der Waals surface area contributed by atoms with Crippen LogP contribution in [0, 0.1) is 0 Å². The zero-order chi connectivity index (χ0) is 13.5. The van der Waals surface area contributed by atoms with Gasteiger partial charge >= 0.3 is 0 Å². The molecule has 0 radical (unpaired) electrons. The molecule has 0 unspecified atom stereocenters. The van der Waals surface area contributed by atoms with E-state index in [4.69, 9.17) is 0 Å². The van der Waals surface area contributed by atoms with E-state index in [-0.39, 0.29) is 0 Å². The number of fused-ring (bicyclic) bond motifs is 2. The van der Waals surface area contributed by atoms with Crippen LogP contribution in [0.3, 0.4) is 0 Å². The summed E-state index contributed by atoms with van der Waals surface area (Å²) in [5, 5.41) is 1.15. The topological polar surface area (TPSA) is 32.3 Å². The number of benzene rings is 1. The van der Waals surface area contributed by atoms with Gasteiger partial charge in [-0.05, 0) is 47.4 Å². The van der Waals surface area contributed by atoms with Gasteiger partial charge in [0.1, 0.15) is 12.1 Å². The lowest BCUT2D eigenvalue weighted by atomic mass is 10.1. The molecule has 1 atom stereocenters. The molecule has 2 fully saturated rings. The van der Waals surface area contributed by atoms with Crippen LogP contribution in [0.5, 0.6) is 0 Å². The SMILES string of the molecule is Brc1cccc2c(N3CCN4CCC[C@H]4C3)ncnc12. The highest BCUT2D eigenvalue weighted by Gasteiger charge is 2.31. The lowest BCUT2D eigenvalue weighted by molar-refractivity contribution is 0.230. The van der Waals surface area contributed by atoms with Crippen molar-refractivity contribution >= 4 is 32.7 Å². The van der Waals surface area contributed by atoms with Crippen LogP contribution in [-0.2, 0) is 0 Å². The summed E-state index contributed by atoms with van der Waals surface area (Å²) in [7, 11) is 0. The Morgan fingerprint density at radius 3 is 3.05 bits per heavy atom. The second-order valence-electron chi connectivity index (χ2n) is 5.61.